The van der Waals surface area contributed by atoms with E-state index in [-0.39, 0.29) is 12.0 Å². The Balaban J connectivity index is 4.91. The highest BCUT2D eigenvalue weighted by Crippen LogP contribution is 2.09. The Labute approximate surface area is 103 Å². The van der Waals surface area contributed by atoms with Crippen molar-refractivity contribution in [2.75, 3.05) is 6.54 Å². The van der Waals surface area contributed by atoms with Crippen LogP contribution < -0.4 is 4.72 Å². The van der Waals surface area contributed by atoms with E-state index in [4.69, 9.17) is 5.11 Å². The van der Waals surface area contributed by atoms with Crippen molar-refractivity contribution in [2.45, 2.75) is 46.7 Å². The van der Waals surface area contributed by atoms with Crippen molar-refractivity contribution in [1.29, 1.82) is 0 Å². The second kappa shape index (κ2) is 6.32. The maximum Gasteiger partial charge on any atom is 0.321 e. The van der Waals surface area contributed by atoms with Crippen LogP contribution in [0.1, 0.15) is 34.6 Å². The van der Waals surface area contributed by atoms with Crippen LogP contribution in [0.15, 0.2) is 0 Å². The summed E-state index contributed by atoms with van der Waals surface area (Å²) in [6.45, 7) is 8.99. The van der Waals surface area contributed by atoms with Gasteiger partial charge in [-0.3, -0.25) is 4.79 Å². The lowest BCUT2D eigenvalue weighted by atomic mass is 10.2. The van der Waals surface area contributed by atoms with E-state index < -0.39 is 22.2 Å². The summed E-state index contributed by atoms with van der Waals surface area (Å²) < 4.78 is 27.4. The fourth-order valence-electron chi connectivity index (χ4n) is 1.29. The predicted molar refractivity (Wildman–Crippen MR) is 65.8 cm³/mol. The van der Waals surface area contributed by atoms with Gasteiger partial charge in [-0.2, -0.15) is 17.4 Å². The third-order valence-corrected chi connectivity index (χ3v) is 3.97. The Bertz CT molecular complexity index is 351. The lowest BCUT2D eigenvalue weighted by molar-refractivity contribution is -0.138. The van der Waals surface area contributed by atoms with Crippen LogP contribution in [0, 0.1) is 5.92 Å². The topological polar surface area (TPSA) is 86.7 Å². The van der Waals surface area contributed by atoms with Crippen LogP contribution in [-0.2, 0) is 15.0 Å². The molecule has 0 heterocycles. The molecule has 0 aromatic heterocycles. The molecule has 17 heavy (non-hydrogen) atoms. The number of carboxylic acid groups (broad SMARTS) is 1. The Hall–Kier alpha value is -0.660. The molecule has 0 fully saturated rings. The average molecular weight is 266 g/mol. The number of hydrogen-bond donors (Lipinski definition) is 2. The third kappa shape index (κ3) is 5.47. The Morgan fingerprint density at radius 1 is 1.24 bits per heavy atom. The average Bonchev–Trinajstić information content (AvgIpc) is 2.12. The number of aliphatic carboxylic acids is 1. The molecule has 0 amide bonds. The van der Waals surface area contributed by atoms with Crippen LogP contribution in [-0.4, -0.2) is 42.4 Å². The standard InChI is InChI=1S/C10H22N2O4S/c1-7(2)6-12(8(3)4)17(15,16)11-9(5)10(13)14/h7-9,11H,6H2,1-5H3,(H,13,14). The van der Waals surface area contributed by atoms with Gasteiger partial charge in [-0.05, 0) is 26.7 Å². The van der Waals surface area contributed by atoms with Gasteiger partial charge in [0.15, 0.2) is 0 Å². The number of rotatable bonds is 7. The fraction of sp³-hybridized carbons (Fsp3) is 0.900. The van der Waals surface area contributed by atoms with Gasteiger partial charge in [-0.25, -0.2) is 0 Å². The molecule has 0 aromatic rings. The van der Waals surface area contributed by atoms with E-state index in [2.05, 4.69) is 4.72 Å². The molecule has 0 saturated heterocycles. The summed E-state index contributed by atoms with van der Waals surface area (Å²) in [5, 5.41) is 8.70. The quantitative estimate of drug-likeness (QED) is 0.708. The molecule has 0 aromatic carbocycles. The molecule has 2 N–H and O–H groups in total. The minimum absolute atomic E-state index is 0.175. The number of nitrogens with zero attached hydrogens (tertiary/aromatic N) is 1. The van der Waals surface area contributed by atoms with Crippen LogP contribution in [0.2, 0.25) is 0 Å². The molecule has 1 unspecified atom stereocenters. The molecule has 7 heteroatoms. The minimum atomic E-state index is -3.76. The van der Waals surface area contributed by atoms with Gasteiger partial charge in [-0.1, -0.05) is 13.8 Å². The van der Waals surface area contributed by atoms with Gasteiger partial charge in [0.05, 0.1) is 0 Å². The molecule has 0 aliphatic rings. The molecule has 102 valence electrons. The second-order valence-electron chi connectivity index (χ2n) is 4.74. The van der Waals surface area contributed by atoms with Crippen molar-refractivity contribution in [3.05, 3.63) is 0 Å². The number of nitrogens with one attached hydrogen (secondary N) is 1. The molecule has 1 atom stereocenters. The summed E-state index contributed by atoms with van der Waals surface area (Å²) in [5.41, 5.74) is 0. The first-order valence-corrected chi connectivity index (χ1v) is 7.03. The SMILES string of the molecule is CC(C)CN(C(C)C)S(=O)(=O)NC(C)C(=O)O. The molecule has 0 radical (unpaired) electrons. The zero-order valence-electron chi connectivity index (χ0n) is 11.0. The number of carbonyl (C=O) groups is 1. The lowest BCUT2D eigenvalue weighted by Gasteiger charge is -2.28. The molecule has 0 aliphatic carbocycles. The van der Waals surface area contributed by atoms with E-state index >= 15 is 0 Å². The summed E-state index contributed by atoms with van der Waals surface area (Å²) in [7, 11) is -3.76. The minimum Gasteiger partial charge on any atom is -0.480 e. The van der Waals surface area contributed by atoms with Gasteiger partial charge in [0.2, 0.25) is 0 Å². The Kier molecular flexibility index (Phi) is 6.08. The first-order chi connectivity index (χ1) is 7.58. The van der Waals surface area contributed by atoms with Gasteiger partial charge in [0.1, 0.15) is 6.04 Å². The molecule has 0 spiro atoms. The van der Waals surface area contributed by atoms with Gasteiger partial charge in [0.25, 0.3) is 10.2 Å². The molecule has 6 nitrogen and oxygen atoms in total. The zero-order chi connectivity index (χ0) is 13.8. The van der Waals surface area contributed by atoms with Crippen LogP contribution in [0.25, 0.3) is 0 Å². The predicted octanol–water partition coefficient (Wildman–Crippen LogP) is 0.660. The maximum absolute atomic E-state index is 12.0. The van der Waals surface area contributed by atoms with Crippen molar-refractivity contribution >= 4 is 16.2 Å². The summed E-state index contributed by atoms with van der Waals surface area (Å²) >= 11 is 0. The Morgan fingerprint density at radius 2 is 1.71 bits per heavy atom. The number of hydrogen-bond acceptors (Lipinski definition) is 3. The Morgan fingerprint density at radius 3 is 2.00 bits per heavy atom. The van der Waals surface area contributed by atoms with E-state index in [0.29, 0.717) is 6.54 Å². The van der Waals surface area contributed by atoms with E-state index in [0.717, 1.165) is 0 Å². The van der Waals surface area contributed by atoms with Gasteiger partial charge in [0, 0.05) is 12.6 Å². The highest BCUT2D eigenvalue weighted by Gasteiger charge is 2.28. The van der Waals surface area contributed by atoms with Crippen molar-refractivity contribution in [2.24, 2.45) is 5.92 Å². The van der Waals surface area contributed by atoms with Gasteiger partial charge < -0.3 is 5.11 Å². The summed E-state index contributed by atoms with van der Waals surface area (Å²) in [5.74, 6) is -1.02. The zero-order valence-corrected chi connectivity index (χ0v) is 11.8. The second-order valence-corrected chi connectivity index (χ2v) is 6.39. The molecular formula is C10H22N2O4S. The van der Waals surface area contributed by atoms with E-state index in [1.54, 1.807) is 13.8 Å². The van der Waals surface area contributed by atoms with Crippen molar-refractivity contribution in [3.8, 4) is 0 Å². The fourth-order valence-corrected chi connectivity index (χ4v) is 3.02. The maximum atomic E-state index is 12.0. The van der Waals surface area contributed by atoms with E-state index in [9.17, 15) is 13.2 Å². The first-order valence-electron chi connectivity index (χ1n) is 5.59. The monoisotopic (exact) mass is 266 g/mol. The summed E-state index contributed by atoms with van der Waals surface area (Å²) in [6, 6.07) is -1.34. The summed E-state index contributed by atoms with van der Waals surface area (Å²) in [4.78, 5) is 10.6. The molecule has 0 saturated carbocycles. The number of carboxylic acids is 1. The van der Waals surface area contributed by atoms with Crippen molar-refractivity contribution < 1.29 is 18.3 Å². The highest BCUT2D eigenvalue weighted by molar-refractivity contribution is 7.87. The summed E-state index contributed by atoms with van der Waals surface area (Å²) in [6.07, 6.45) is 0. The first kappa shape index (κ1) is 16.3. The van der Waals surface area contributed by atoms with Crippen LogP contribution in [0.4, 0.5) is 0 Å². The molecule has 0 rings (SSSR count). The molecule has 0 bridgehead atoms. The normalized spacial score (nSPS) is 14.6. The smallest absolute Gasteiger partial charge is 0.321 e. The molecular weight excluding hydrogens is 244 g/mol. The van der Waals surface area contributed by atoms with Crippen LogP contribution in [0.5, 0.6) is 0 Å². The molecule has 0 aliphatic heterocycles. The van der Waals surface area contributed by atoms with Crippen LogP contribution >= 0.6 is 0 Å². The largest absolute Gasteiger partial charge is 0.480 e. The van der Waals surface area contributed by atoms with Crippen molar-refractivity contribution in [3.63, 3.8) is 0 Å². The van der Waals surface area contributed by atoms with Crippen molar-refractivity contribution in [1.82, 2.24) is 9.03 Å². The lowest BCUT2D eigenvalue weighted by Crippen LogP contribution is -2.50. The van der Waals surface area contributed by atoms with Crippen LogP contribution in [0.3, 0.4) is 0 Å². The van der Waals surface area contributed by atoms with E-state index in [1.165, 1.54) is 11.2 Å². The van der Waals surface area contributed by atoms with Gasteiger partial charge >= 0.3 is 5.97 Å². The van der Waals surface area contributed by atoms with Gasteiger partial charge in [-0.15, -0.1) is 0 Å². The van der Waals surface area contributed by atoms with E-state index in [1.807, 2.05) is 13.8 Å². The highest BCUT2D eigenvalue weighted by atomic mass is 32.2. The third-order valence-electron chi connectivity index (χ3n) is 2.13.